The van der Waals surface area contributed by atoms with Crippen LogP contribution in [0.5, 0.6) is 0 Å². The third kappa shape index (κ3) is 4.09. The van der Waals surface area contributed by atoms with Crippen LogP contribution in [0.1, 0.15) is 45.1 Å². The summed E-state index contributed by atoms with van der Waals surface area (Å²) in [6.45, 7) is 6.56. The van der Waals surface area contributed by atoms with Gasteiger partial charge in [-0.1, -0.05) is 32.4 Å². The Balaban J connectivity index is 2.23. The molecule has 0 aromatic heterocycles. The molecule has 2 rings (SSSR count). The van der Waals surface area contributed by atoms with Crippen LogP contribution in [0, 0.1) is 0 Å². The summed E-state index contributed by atoms with van der Waals surface area (Å²) in [5.74, 6) is 0. The van der Waals surface area contributed by atoms with Crippen LogP contribution in [0.3, 0.4) is 0 Å². The second-order valence-electron chi connectivity index (χ2n) is 5.99. The van der Waals surface area contributed by atoms with E-state index in [0.717, 1.165) is 45.2 Å². The molecule has 0 spiro atoms. The lowest BCUT2D eigenvalue weighted by Crippen LogP contribution is -2.46. The molecule has 1 heterocycles. The first kappa shape index (κ1) is 17.4. The number of sulfonamides is 1. The highest BCUT2D eigenvalue weighted by atomic mass is 32.2. The highest BCUT2D eigenvalue weighted by Crippen LogP contribution is 2.23. The topological polar surface area (TPSA) is 49.4 Å². The standard InChI is InChI=1S/C17H28N2O2S/c1-3-5-15-6-8-17(9-7-15)22(20,21)19(14-4-2)16-10-12-18-13-11-16/h6-9,16,18H,3-5,10-14H2,1-2H3. The summed E-state index contributed by atoms with van der Waals surface area (Å²) in [6.07, 6.45) is 4.70. The molecule has 1 fully saturated rings. The molecule has 5 heteroatoms. The van der Waals surface area contributed by atoms with Gasteiger partial charge in [-0.25, -0.2) is 8.42 Å². The van der Waals surface area contributed by atoms with Crippen molar-refractivity contribution in [2.24, 2.45) is 0 Å². The van der Waals surface area contributed by atoms with Crippen LogP contribution in [0.4, 0.5) is 0 Å². The van der Waals surface area contributed by atoms with Gasteiger partial charge >= 0.3 is 0 Å². The maximum absolute atomic E-state index is 13.0. The van der Waals surface area contributed by atoms with E-state index < -0.39 is 10.0 Å². The van der Waals surface area contributed by atoms with Gasteiger partial charge < -0.3 is 5.32 Å². The first-order chi connectivity index (χ1) is 10.6. The predicted molar refractivity (Wildman–Crippen MR) is 90.5 cm³/mol. The van der Waals surface area contributed by atoms with Gasteiger partial charge in [0.1, 0.15) is 0 Å². The molecule has 1 aromatic carbocycles. The molecule has 0 bridgehead atoms. The molecular weight excluding hydrogens is 296 g/mol. The minimum atomic E-state index is -3.39. The lowest BCUT2D eigenvalue weighted by Gasteiger charge is -2.33. The molecule has 1 aliphatic rings. The normalized spacial score (nSPS) is 17.0. The van der Waals surface area contributed by atoms with Crippen LogP contribution < -0.4 is 5.32 Å². The Morgan fingerprint density at radius 3 is 2.27 bits per heavy atom. The van der Waals surface area contributed by atoms with Gasteiger partial charge in [-0.15, -0.1) is 0 Å². The van der Waals surface area contributed by atoms with Crippen molar-refractivity contribution in [2.75, 3.05) is 19.6 Å². The van der Waals surface area contributed by atoms with Gasteiger partial charge in [-0.2, -0.15) is 4.31 Å². The van der Waals surface area contributed by atoms with Gasteiger partial charge in [-0.05, 0) is 56.5 Å². The number of benzene rings is 1. The van der Waals surface area contributed by atoms with E-state index in [0.29, 0.717) is 11.4 Å². The Kier molecular flexibility index (Phi) is 6.41. The van der Waals surface area contributed by atoms with E-state index in [1.54, 1.807) is 16.4 Å². The Morgan fingerprint density at radius 2 is 1.73 bits per heavy atom. The van der Waals surface area contributed by atoms with Crippen molar-refractivity contribution in [3.8, 4) is 0 Å². The van der Waals surface area contributed by atoms with Crippen LogP contribution in [0.15, 0.2) is 29.2 Å². The molecule has 0 saturated carbocycles. The largest absolute Gasteiger partial charge is 0.317 e. The van der Waals surface area contributed by atoms with Crippen molar-refractivity contribution in [3.63, 3.8) is 0 Å². The maximum Gasteiger partial charge on any atom is 0.243 e. The van der Waals surface area contributed by atoms with Crippen LogP contribution >= 0.6 is 0 Å². The van der Waals surface area contributed by atoms with Gasteiger partial charge in [-0.3, -0.25) is 0 Å². The Bertz CT molecular complexity index is 549. The fourth-order valence-electron chi connectivity index (χ4n) is 3.07. The molecule has 124 valence electrons. The molecule has 0 amide bonds. The monoisotopic (exact) mass is 324 g/mol. The summed E-state index contributed by atoms with van der Waals surface area (Å²) < 4.78 is 27.7. The van der Waals surface area contributed by atoms with E-state index in [1.807, 2.05) is 19.1 Å². The fraction of sp³-hybridized carbons (Fsp3) is 0.647. The van der Waals surface area contributed by atoms with Gasteiger partial charge in [0.05, 0.1) is 4.90 Å². The zero-order valence-electron chi connectivity index (χ0n) is 13.7. The van der Waals surface area contributed by atoms with E-state index in [1.165, 1.54) is 5.56 Å². The second kappa shape index (κ2) is 8.09. The third-order valence-electron chi connectivity index (χ3n) is 4.23. The number of aryl methyl sites for hydroxylation is 1. The average molecular weight is 324 g/mol. The predicted octanol–water partition coefficient (Wildman–Crippen LogP) is 2.79. The summed E-state index contributed by atoms with van der Waals surface area (Å²) in [7, 11) is -3.39. The van der Waals surface area contributed by atoms with Crippen LogP contribution in [0.2, 0.25) is 0 Å². The second-order valence-corrected chi connectivity index (χ2v) is 7.88. The van der Waals surface area contributed by atoms with Gasteiger partial charge in [0.25, 0.3) is 0 Å². The highest BCUT2D eigenvalue weighted by molar-refractivity contribution is 7.89. The van der Waals surface area contributed by atoms with Crippen molar-refractivity contribution >= 4 is 10.0 Å². The van der Waals surface area contributed by atoms with E-state index >= 15 is 0 Å². The smallest absolute Gasteiger partial charge is 0.243 e. The summed E-state index contributed by atoms with van der Waals surface area (Å²) in [4.78, 5) is 0.430. The molecule has 1 aliphatic heterocycles. The van der Waals surface area contributed by atoms with E-state index in [9.17, 15) is 8.42 Å². The molecule has 0 atom stereocenters. The lowest BCUT2D eigenvalue weighted by molar-refractivity contribution is 0.262. The van der Waals surface area contributed by atoms with Crippen molar-refractivity contribution in [1.82, 2.24) is 9.62 Å². The van der Waals surface area contributed by atoms with E-state index in [4.69, 9.17) is 0 Å². The molecule has 0 radical (unpaired) electrons. The van der Waals surface area contributed by atoms with Crippen LogP contribution in [-0.4, -0.2) is 38.4 Å². The number of hydrogen-bond donors (Lipinski definition) is 1. The zero-order chi connectivity index (χ0) is 16.0. The molecular formula is C17H28N2O2S. The summed E-state index contributed by atoms with van der Waals surface area (Å²) >= 11 is 0. The van der Waals surface area contributed by atoms with E-state index in [2.05, 4.69) is 12.2 Å². The SMILES string of the molecule is CCCc1ccc(S(=O)(=O)N(CCC)C2CCNCC2)cc1. The summed E-state index contributed by atoms with van der Waals surface area (Å²) in [6, 6.07) is 7.56. The molecule has 1 N–H and O–H groups in total. The first-order valence-electron chi connectivity index (χ1n) is 8.41. The Morgan fingerprint density at radius 1 is 1.09 bits per heavy atom. The Hall–Kier alpha value is -0.910. The fourth-order valence-corrected chi connectivity index (χ4v) is 4.84. The zero-order valence-corrected chi connectivity index (χ0v) is 14.5. The average Bonchev–Trinajstić information content (AvgIpc) is 2.54. The van der Waals surface area contributed by atoms with E-state index in [-0.39, 0.29) is 6.04 Å². The van der Waals surface area contributed by atoms with Crippen molar-refractivity contribution in [3.05, 3.63) is 29.8 Å². The third-order valence-corrected chi connectivity index (χ3v) is 6.19. The number of hydrogen-bond acceptors (Lipinski definition) is 3. The molecule has 1 aromatic rings. The maximum atomic E-state index is 13.0. The quantitative estimate of drug-likeness (QED) is 0.839. The number of nitrogens with one attached hydrogen (secondary N) is 1. The van der Waals surface area contributed by atoms with Gasteiger partial charge in [0.2, 0.25) is 10.0 Å². The molecule has 1 saturated heterocycles. The first-order valence-corrected chi connectivity index (χ1v) is 9.85. The summed E-state index contributed by atoms with van der Waals surface area (Å²) in [5, 5.41) is 3.30. The van der Waals surface area contributed by atoms with Crippen LogP contribution in [0.25, 0.3) is 0 Å². The van der Waals surface area contributed by atoms with Crippen molar-refractivity contribution < 1.29 is 8.42 Å². The molecule has 22 heavy (non-hydrogen) atoms. The summed E-state index contributed by atoms with van der Waals surface area (Å²) in [5.41, 5.74) is 1.20. The number of piperidine rings is 1. The Labute approximate surface area is 135 Å². The van der Waals surface area contributed by atoms with Crippen molar-refractivity contribution in [2.45, 2.75) is 56.9 Å². The highest BCUT2D eigenvalue weighted by Gasteiger charge is 2.31. The molecule has 4 nitrogen and oxygen atoms in total. The molecule has 0 unspecified atom stereocenters. The minimum Gasteiger partial charge on any atom is -0.317 e. The number of nitrogens with zero attached hydrogens (tertiary/aromatic N) is 1. The van der Waals surface area contributed by atoms with Crippen LogP contribution in [-0.2, 0) is 16.4 Å². The lowest BCUT2D eigenvalue weighted by atomic mass is 10.1. The number of rotatable bonds is 7. The van der Waals surface area contributed by atoms with Crippen molar-refractivity contribution in [1.29, 1.82) is 0 Å². The van der Waals surface area contributed by atoms with Gasteiger partial charge in [0.15, 0.2) is 0 Å². The molecule has 0 aliphatic carbocycles. The minimum absolute atomic E-state index is 0.126. The van der Waals surface area contributed by atoms with Gasteiger partial charge in [0, 0.05) is 12.6 Å².